The highest BCUT2D eigenvalue weighted by Crippen LogP contribution is 2.21. The van der Waals surface area contributed by atoms with Gasteiger partial charge in [-0.05, 0) is 24.1 Å². The van der Waals surface area contributed by atoms with Gasteiger partial charge in [0.1, 0.15) is 0 Å². The van der Waals surface area contributed by atoms with Crippen LogP contribution in [0, 0.1) is 0 Å². The Balaban J connectivity index is 1.46. The molecule has 8 heteroatoms. The molecule has 1 fully saturated rings. The number of aromatic amines is 1. The maximum Gasteiger partial charge on any atom is 0.347 e. The molecular weight excluding hydrogens is 294 g/mol. The summed E-state index contributed by atoms with van der Waals surface area (Å²) < 4.78 is 1.49. The average Bonchev–Trinajstić information content (AvgIpc) is 3.21. The summed E-state index contributed by atoms with van der Waals surface area (Å²) in [4.78, 5) is 22.2. The number of hydrogen-bond acceptors (Lipinski definition) is 6. The molecule has 0 aromatic carbocycles. The number of nitrogens with one attached hydrogen (secondary N) is 2. The van der Waals surface area contributed by atoms with Crippen LogP contribution in [0.15, 0.2) is 41.7 Å². The van der Waals surface area contributed by atoms with Crippen LogP contribution < -0.4 is 15.9 Å². The van der Waals surface area contributed by atoms with E-state index in [-0.39, 0.29) is 5.69 Å². The van der Waals surface area contributed by atoms with Gasteiger partial charge in [0.15, 0.2) is 5.82 Å². The molecule has 0 amide bonds. The van der Waals surface area contributed by atoms with Gasteiger partial charge in [-0.3, -0.25) is 4.98 Å². The third kappa shape index (κ3) is 2.68. The summed E-state index contributed by atoms with van der Waals surface area (Å²) in [6.45, 7) is 2.56. The molecule has 1 aliphatic heterocycles. The molecule has 23 heavy (non-hydrogen) atoms. The number of aromatic nitrogens is 5. The smallest absolute Gasteiger partial charge is 0.347 e. The van der Waals surface area contributed by atoms with Crippen molar-refractivity contribution >= 4 is 11.5 Å². The summed E-state index contributed by atoms with van der Waals surface area (Å²) in [6, 6.07) is 4.41. The molecule has 3 aromatic heterocycles. The molecule has 1 atom stereocenters. The van der Waals surface area contributed by atoms with Gasteiger partial charge >= 0.3 is 5.69 Å². The minimum Gasteiger partial charge on any atom is -0.352 e. The van der Waals surface area contributed by atoms with Crippen molar-refractivity contribution in [3.05, 3.63) is 53.0 Å². The van der Waals surface area contributed by atoms with E-state index in [1.54, 1.807) is 24.8 Å². The Bertz CT molecular complexity index is 857. The van der Waals surface area contributed by atoms with Gasteiger partial charge in [0.2, 0.25) is 5.65 Å². The second kappa shape index (κ2) is 5.81. The largest absolute Gasteiger partial charge is 0.352 e. The third-order valence-electron chi connectivity index (χ3n) is 4.15. The van der Waals surface area contributed by atoms with Gasteiger partial charge in [-0.15, -0.1) is 5.10 Å². The Kier molecular flexibility index (Phi) is 3.51. The van der Waals surface area contributed by atoms with Crippen LogP contribution in [0.2, 0.25) is 0 Å². The molecule has 0 bridgehead atoms. The van der Waals surface area contributed by atoms with Crippen molar-refractivity contribution in [2.24, 2.45) is 0 Å². The van der Waals surface area contributed by atoms with E-state index in [9.17, 15) is 4.79 Å². The SMILES string of the molecule is O=c1[nH]nc2c(N3CCC(NCc4ccncc4)C3)nccn12. The average molecular weight is 311 g/mol. The standard InChI is InChI=1S/C15H17N7O/c23-15-20-19-14-13(17-6-8-22(14)15)21-7-3-12(10-21)18-9-11-1-4-16-5-2-11/h1-2,4-6,8,12,18H,3,7,9-10H2,(H,20,23). The Morgan fingerprint density at radius 2 is 2.17 bits per heavy atom. The van der Waals surface area contributed by atoms with Crippen molar-refractivity contribution in [1.82, 2.24) is 29.9 Å². The monoisotopic (exact) mass is 311 g/mol. The van der Waals surface area contributed by atoms with Gasteiger partial charge < -0.3 is 10.2 Å². The van der Waals surface area contributed by atoms with Crippen LogP contribution in [0.25, 0.3) is 5.65 Å². The summed E-state index contributed by atoms with van der Waals surface area (Å²) >= 11 is 0. The van der Waals surface area contributed by atoms with Gasteiger partial charge in [0, 0.05) is 50.5 Å². The van der Waals surface area contributed by atoms with Crippen molar-refractivity contribution in [3.8, 4) is 0 Å². The molecule has 4 rings (SSSR count). The zero-order valence-corrected chi connectivity index (χ0v) is 12.5. The number of H-pyrrole nitrogens is 1. The summed E-state index contributed by atoms with van der Waals surface area (Å²) in [7, 11) is 0. The molecule has 4 heterocycles. The lowest BCUT2D eigenvalue weighted by atomic mass is 10.2. The molecule has 118 valence electrons. The number of anilines is 1. The molecule has 0 aliphatic carbocycles. The second-order valence-electron chi connectivity index (χ2n) is 5.64. The number of hydrogen-bond donors (Lipinski definition) is 2. The number of fused-ring (bicyclic) bond motifs is 1. The minimum absolute atomic E-state index is 0.241. The first-order valence-corrected chi connectivity index (χ1v) is 7.60. The number of nitrogens with zero attached hydrogens (tertiary/aromatic N) is 5. The van der Waals surface area contributed by atoms with Gasteiger partial charge in [0.25, 0.3) is 0 Å². The lowest BCUT2D eigenvalue weighted by molar-refractivity contribution is 0.551. The summed E-state index contributed by atoms with van der Waals surface area (Å²) in [5.41, 5.74) is 1.56. The van der Waals surface area contributed by atoms with Crippen LogP contribution in [0.4, 0.5) is 5.82 Å². The van der Waals surface area contributed by atoms with Crippen LogP contribution in [0.3, 0.4) is 0 Å². The normalized spacial score (nSPS) is 17.9. The molecule has 0 spiro atoms. The lowest BCUT2D eigenvalue weighted by Crippen LogP contribution is -2.32. The predicted octanol–water partition coefficient (Wildman–Crippen LogP) is 0.181. The van der Waals surface area contributed by atoms with Crippen molar-refractivity contribution in [2.75, 3.05) is 18.0 Å². The highest BCUT2D eigenvalue weighted by molar-refractivity contribution is 5.63. The molecular formula is C15H17N7O. The van der Waals surface area contributed by atoms with Crippen molar-refractivity contribution in [1.29, 1.82) is 0 Å². The summed E-state index contributed by atoms with van der Waals surface area (Å²) in [6.07, 6.45) is 7.90. The van der Waals surface area contributed by atoms with Gasteiger partial charge in [-0.2, -0.15) is 0 Å². The Hall–Kier alpha value is -2.74. The fraction of sp³-hybridized carbons (Fsp3) is 0.333. The van der Waals surface area contributed by atoms with Crippen LogP contribution in [0.1, 0.15) is 12.0 Å². The highest BCUT2D eigenvalue weighted by atomic mass is 16.1. The second-order valence-corrected chi connectivity index (χ2v) is 5.64. The van der Waals surface area contributed by atoms with E-state index in [1.165, 1.54) is 9.96 Å². The lowest BCUT2D eigenvalue weighted by Gasteiger charge is -2.18. The molecule has 1 saturated heterocycles. The van der Waals surface area contributed by atoms with Gasteiger partial charge in [0.05, 0.1) is 0 Å². The first kappa shape index (κ1) is 13.9. The van der Waals surface area contributed by atoms with E-state index in [4.69, 9.17) is 0 Å². The maximum absolute atomic E-state index is 11.7. The quantitative estimate of drug-likeness (QED) is 0.714. The topological polar surface area (TPSA) is 91.2 Å². The molecule has 1 unspecified atom stereocenters. The molecule has 0 radical (unpaired) electrons. The van der Waals surface area contributed by atoms with E-state index in [1.807, 2.05) is 12.1 Å². The fourth-order valence-corrected chi connectivity index (χ4v) is 2.93. The van der Waals surface area contributed by atoms with E-state index < -0.39 is 0 Å². The zero-order chi connectivity index (χ0) is 15.6. The molecule has 2 N–H and O–H groups in total. The Morgan fingerprint density at radius 3 is 3.04 bits per heavy atom. The van der Waals surface area contributed by atoms with Crippen LogP contribution in [-0.4, -0.2) is 43.7 Å². The summed E-state index contributed by atoms with van der Waals surface area (Å²) in [5, 5.41) is 10.1. The molecule has 1 aliphatic rings. The van der Waals surface area contributed by atoms with Gasteiger partial charge in [-0.25, -0.2) is 19.3 Å². The van der Waals surface area contributed by atoms with Crippen molar-refractivity contribution in [2.45, 2.75) is 19.0 Å². The molecule has 8 nitrogen and oxygen atoms in total. The highest BCUT2D eigenvalue weighted by Gasteiger charge is 2.25. The number of pyridine rings is 1. The van der Waals surface area contributed by atoms with E-state index in [0.717, 1.165) is 31.9 Å². The van der Waals surface area contributed by atoms with Crippen molar-refractivity contribution in [3.63, 3.8) is 0 Å². The number of rotatable bonds is 4. The van der Waals surface area contributed by atoms with Crippen LogP contribution in [0.5, 0.6) is 0 Å². The summed E-state index contributed by atoms with van der Waals surface area (Å²) in [5.74, 6) is 0.749. The van der Waals surface area contributed by atoms with Crippen molar-refractivity contribution < 1.29 is 0 Å². The third-order valence-corrected chi connectivity index (χ3v) is 4.15. The Labute approximate surface area is 132 Å². The fourth-order valence-electron chi connectivity index (χ4n) is 2.93. The Morgan fingerprint density at radius 1 is 1.30 bits per heavy atom. The maximum atomic E-state index is 11.7. The first-order valence-electron chi connectivity index (χ1n) is 7.60. The minimum atomic E-state index is -0.241. The first-order chi connectivity index (χ1) is 11.3. The van der Waals surface area contributed by atoms with Crippen LogP contribution >= 0.6 is 0 Å². The molecule has 0 saturated carbocycles. The van der Waals surface area contributed by atoms with Gasteiger partial charge in [-0.1, -0.05) is 0 Å². The van der Waals surface area contributed by atoms with Crippen LogP contribution in [-0.2, 0) is 6.54 Å². The predicted molar refractivity (Wildman–Crippen MR) is 85.3 cm³/mol. The molecule has 3 aromatic rings. The zero-order valence-electron chi connectivity index (χ0n) is 12.5. The van der Waals surface area contributed by atoms with E-state index in [2.05, 4.69) is 30.4 Å². The van der Waals surface area contributed by atoms with E-state index in [0.29, 0.717) is 11.7 Å². The van der Waals surface area contributed by atoms with E-state index >= 15 is 0 Å².